The summed E-state index contributed by atoms with van der Waals surface area (Å²) in [5.74, 6) is 0. The summed E-state index contributed by atoms with van der Waals surface area (Å²) in [5, 5.41) is 0. The highest BCUT2D eigenvalue weighted by Gasteiger charge is 2.25. The average Bonchev–Trinajstić information content (AvgIpc) is 2.15. The van der Waals surface area contributed by atoms with E-state index in [4.69, 9.17) is 34.8 Å². The van der Waals surface area contributed by atoms with Crippen LogP contribution in [0.15, 0.2) is 18.2 Å². The number of hydrogen-bond acceptors (Lipinski definition) is 1. The van der Waals surface area contributed by atoms with Crippen LogP contribution in [0.3, 0.4) is 0 Å². The lowest BCUT2D eigenvalue weighted by Gasteiger charge is -2.15. The second-order valence-corrected chi connectivity index (χ2v) is 5.11. The Morgan fingerprint density at radius 1 is 1.36 bits per heavy atom. The SMILES string of the molecule is CCc1cc([C]=O)ccc1C(Cl)(Cl)Cl. The Bertz CT molecular complexity index is 342. The maximum Gasteiger partial charge on any atom is 0.233 e. The third kappa shape index (κ3) is 2.63. The lowest BCUT2D eigenvalue weighted by Crippen LogP contribution is -2.05. The molecule has 0 aliphatic carbocycles. The van der Waals surface area contributed by atoms with E-state index in [-0.39, 0.29) is 0 Å². The van der Waals surface area contributed by atoms with Gasteiger partial charge in [-0.05, 0) is 18.1 Å². The van der Waals surface area contributed by atoms with Crippen molar-refractivity contribution in [3.8, 4) is 0 Å². The number of halogens is 3. The molecular formula is C10H8Cl3O. The minimum Gasteiger partial charge on any atom is -0.285 e. The number of benzene rings is 1. The van der Waals surface area contributed by atoms with Crippen LogP contribution in [0.4, 0.5) is 0 Å². The molecule has 1 radical (unpaired) electrons. The van der Waals surface area contributed by atoms with Gasteiger partial charge in [-0.2, -0.15) is 0 Å². The molecule has 0 aliphatic heterocycles. The van der Waals surface area contributed by atoms with Crippen LogP contribution in [-0.2, 0) is 15.0 Å². The fraction of sp³-hybridized carbons (Fsp3) is 0.300. The van der Waals surface area contributed by atoms with E-state index in [0.29, 0.717) is 17.5 Å². The van der Waals surface area contributed by atoms with E-state index in [9.17, 15) is 4.79 Å². The number of hydrogen-bond donors (Lipinski definition) is 0. The van der Waals surface area contributed by atoms with Gasteiger partial charge in [-0.25, -0.2) is 0 Å². The molecule has 0 saturated carbocycles. The highest BCUT2D eigenvalue weighted by Crippen LogP contribution is 2.40. The van der Waals surface area contributed by atoms with Crippen LogP contribution in [0.2, 0.25) is 0 Å². The Labute approximate surface area is 98.0 Å². The van der Waals surface area contributed by atoms with Crippen molar-refractivity contribution >= 4 is 41.1 Å². The van der Waals surface area contributed by atoms with Crippen molar-refractivity contribution in [2.75, 3.05) is 0 Å². The highest BCUT2D eigenvalue weighted by atomic mass is 35.6. The summed E-state index contributed by atoms with van der Waals surface area (Å²) in [6.45, 7) is 1.93. The topological polar surface area (TPSA) is 17.1 Å². The minimum absolute atomic E-state index is 0.472. The van der Waals surface area contributed by atoms with Crippen molar-refractivity contribution < 1.29 is 4.79 Å². The van der Waals surface area contributed by atoms with E-state index in [0.717, 1.165) is 5.56 Å². The first-order chi connectivity index (χ1) is 6.49. The Morgan fingerprint density at radius 2 is 2.00 bits per heavy atom. The molecule has 0 unspecified atom stereocenters. The average molecular weight is 251 g/mol. The van der Waals surface area contributed by atoms with Crippen molar-refractivity contribution in [1.82, 2.24) is 0 Å². The third-order valence-corrected chi connectivity index (χ3v) is 2.52. The zero-order chi connectivity index (χ0) is 10.8. The zero-order valence-electron chi connectivity index (χ0n) is 7.48. The molecule has 1 rings (SSSR count). The Morgan fingerprint density at radius 3 is 2.43 bits per heavy atom. The molecule has 0 saturated heterocycles. The molecule has 0 aliphatic rings. The smallest absolute Gasteiger partial charge is 0.233 e. The van der Waals surface area contributed by atoms with Gasteiger partial charge in [-0.1, -0.05) is 53.9 Å². The van der Waals surface area contributed by atoms with Crippen LogP contribution in [0.25, 0.3) is 0 Å². The molecule has 0 fully saturated rings. The normalized spacial score (nSPS) is 11.4. The zero-order valence-corrected chi connectivity index (χ0v) is 9.75. The van der Waals surface area contributed by atoms with Gasteiger partial charge in [-0.3, -0.25) is 4.79 Å². The number of alkyl halides is 3. The van der Waals surface area contributed by atoms with Gasteiger partial charge < -0.3 is 0 Å². The molecule has 1 nitrogen and oxygen atoms in total. The predicted octanol–water partition coefficient (Wildman–Crippen LogP) is 3.53. The first-order valence-corrected chi connectivity index (χ1v) is 5.20. The summed E-state index contributed by atoms with van der Waals surface area (Å²) in [4.78, 5) is 10.4. The molecule has 0 amide bonds. The molecule has 0 spiro atoms. The van der Waals surface area contributed by atoms with E-state index in [1.54, 1.807) is 24.5 Å². The van der Waals surface area contributed by atoms with Crippen molar-refractivity contribution in [3.63, 3.8) is 0 Å². The van der Waals surface area contributed by atoms with Crippen molar-refractivity contribution in [3.05, 3.63) is 34.9 Å². The Kier molecular flexibility index (Phi) is 3.82. The van der Waals surface area contributed by atoms with Gasteiger partial charge in [0.15, 0.2) is 0 Å². The first-order valence-electron chi connectivity index (χ1n) is 4.07. The quantitative estimate of drug-likeness (QED) is 0.734. The molecule has 0 heterocycles. The second-order valence-electron chi connectivity index (χ2n) is 2.83. The van der Waals surface area contributed by atoms with E-state index in [2.05, 4.69) is 0 Å². The van der Waals surface area contributed by atoms with Gasteiger partial charge in [0.05, 0.1) is 0 Å². The maximum atomic E-state index is 10.4. The molecular weight excluding hydrogens is 242 g/mol. The van der Waals surface area contributed by atoms with Gasteiger partial charge in [0.25, 0.3) is 0 Å². The first kappa shape index (κ1) is 11.8. The maximum absolute atomic E-state index is 10.4. The van der Waals surface area contributed by atoms with Crippen LogP contribution in [-0.4, -0.2) is 6.29 Å². The van der Waals surface area contributed by atoms with Crippen LogP contribution in [0.1, 0.15) is 23.6 Å². The Balaban J connectivity index is 3.25. The summed E-state index contributed by atoms with van der Waals surface area (Å²) in [5.41, 5.74) is 1.94. The van der Waals surface area contributed by atoms with Crippen molar-refractivity contribution in [2.45, 2.75) is 17.1 Å². The van der Waals surface area contributed by atoms with Crippen molar-refractivity contribution in [1.29, 1.82) is 0 Å². The van der Waals surface area contributed by atoms with E-state index in [1.165, 1.54) is 0 Å². The van der Waals surface area contributed by atoms with Gasteiger partial charge in [0.2, 0.25) is 10.1 Å². The van der Waals surface area contributed by atoms with Gasteiger partial charge in [0, 0.05) is 11.1 Å². The molecule has 14 heavy (non-hydrogen) atoms. The number of carbonyl (C=O) groups excluding carboxylic acids is 1. The second kappa shape index (κ2) is 4.52. The number of aryl methyl sites for hydroxylation is 1. The predicted molar refractivity (Wildman–Crippen MR) is 59.9 cm³/mol. The van der Waals surface area contributed by atoms with Gasteiger partial charge >= 0.3 is 0 Å². The van der Waals surface area contributed by atoms with Crippen LogP contribution < -0.4 is 0 Å². The van der Waals surface area contributed by atoms with Gasteiger partial charge in [-0.15, -0.1) is 0 Å². The fourth-order valence-corrected chi connectivity index (χ4v) is 1.78. The van der Waals surface area contributed by atoms with Crippen LogP contribution >= 0.6 is 34.8 Å². The van der Waals surface area contributed by atoms with E-state index < -0.39 is 3.79 Å². The summed E-state index contributed by atoms with van der Waals surface area (Å²) >= 11 is 17.3. The molecule has 1 aromatic carbocycles. The summed E-state index contributed by atoms with van der Waals surface area (Å²) in [7, 11) is 0. The summed E-state index contributed by atoms with van der Waals surface area (Å²) in [6.07, 6.45) is 2.51. The summed E-state index contributed by atoms with van der Waals surface area (Å²) < 4.78 is -1.44. The lowest BCUT2D eigenvalue weighted by molar-refractivity contribution is 0.562. The fourth-order valence-electron chi connectivity index (χ4n) is 1.23. The largest absolute Gasteiger partial charge is 0.285 e. The Hall–Kier alpha value is -0.240. The van der Waals surface area contributed by atoms with Crippen LogP contribution in [0.5, 0.6) is 0 Å². The van der Waals surface area contributed by atoms with E-state index in [1.807, 2.05) is 6.92 Å². The van der Waals surface area contributed by atoms with Gasteiger partial charge in [0.1, 0.15) is 0 Å². The standard InChI is InChI=1S/C10H8Cl3O/c1-2-8-5-7(6-14)3-4-9(8)10(11,12)13/h3-5H,2H2,1H3. The van der Waals surface area contributed by atoms with Crippen molar-refractivity contribution in [2.24, 2.45) is 0 Å². The minimum atomic E-state index is -1.44. The van der Waals surface area contributed by atoms with E-state index >= 15 is 0 Å². The molecule has 0 atom stereocenters. The highest BCUT2D eigenvalue weighted by molar-refractivity contribution is 6.66. The molecule has 0 bridgehead atoms. The summed E-state index contributed by atoms with van der Waals surface area (Å²) in [6, 6.07) is 4.92. The third-order valence-electron chi connectivity index (χ3n) is 1.91. The molecule has 0 aromatic heterocycles. The molecule has 1 aromatic rings. The van der Waals surface area contributed by atoms with Crippen LogP contribution in [0, 0.1) is 0 Å². The lowest BCUT2D eigenvalue weighted by atomic mass is 10.0. The molecule has 0 N–H and O–H groups in total. The number of rotatable bonds is 2. The molecule has 4 heteroatoms. The monoisotopic (exact) mass is 249 g/mol. The molecule has 75 valence electrons.